The number of halogens is 4. The second-order valence-electron chi connectivity index (χ2n) is 6.00. The molecule has 0 fully saturated rings. The Kier molecular flexibility index (Phi) is 4.56. The molecule has 0 spiro atoms. The van der Waals surface area contributed by atoms with Gasteiger partial charge in [0.25, 0.3) is 10.9 Å². The molecule has 154 valence electrons. The Balaban J connectivity index is 1.49. The van der Waals surface area contributed by atoms with Crippen LogP contribution in [0.4, 0.5) is 34.8 Å². The molecule has 0 unspecified atom stereocenters. The second kappa shape index (κ2) is 7.09. The van der Waals surface area contributed by atoms with Crippen molar-refractivity contribution in [2.45, 2.75) is 12.7 Å². The lowest BCUT2D eigenvalue weighted by Crippen LogP contribution is -2.36. The molecule has 0 saturated carbocycles. The smallest absolute Gasteiger partial charge is 0.449 e. The summed E-state index contributed by atoms with van der Waals surface area (Å²) in [5, 5.41) is 8.47. The molecule has 2 aromatic heterocycles. The average molecular weight is 423 g/mol. The summed E-state index contributed by atoms with van der Waals surface area (Å²) in [6.07, 6.45) is -2.48. The van der Waals surface area contributed by atoms with Crippen molar-refractivity contribution in [2.24, 2.45) is 0 Å². The Morgan fingerprint density at radius 3 is 2.50 bits per heavy atom. The monoisotopic (exact) mass is 423 g/mol. The van der Waals surface area contributed by atoms with Gasteiger partial charge in [0.15, 0.2) is 12.2 Å². The van der Waals surface area contributed by atoms with E-state index < -0.39 is 34.6 Å². The average Bonchev–Trinajstić information content (AvgIpc) is 3.38. The molecule has 0 aliphatic heterocycles. The van der Waals surface area contributed by atoms with Crippen LogP contribution in [0.3, 0.4) is 0 Å². The van der Waals surface area contributed by atoms with E-state index in [0.29, 0.717) is 5.56 Å². The molecule has 2 heterocycles. The van der Waals surface area contributed by atoms with Crippen LogP contribution >= 0.6 is 0 Å². The van der Waals surface area contributed by atoms with Crippen molar-refractivity contribution in [3.05, 3.63) is 68.6 Å². The summed E-state index contributed by atoms with van der Waals surface area (Å²) >= 11 is 0. The van der Waals surface area contributed by atoms with E-state index >= 15 is 0 Å². The number of hydrogen-bond donors (Lipinski definition) is 2. The second-order valence-corrected chi connectivity index (χ2v) is 6.00. The van der Waals surface area contributed by atoms with Crippen LogP contribution in [-0.4, -0.2) is 15.1 Å². The van der Waals surface area contributed by atoms with Gasteiger partial charge in [-0.2, -0.15) is 23.1 Å². The Labute approximate surface area is 163 Å². The van der Waals surface area contributed by atoms with E-state index in [0.717, 1.165) is 12.5 Å². The Morgan fingerprint density at radius 2 is 1.87 bits per heavy atom. The minimum atomic E-state index is -4.84. The zero-order chi connectivity index (χ0) is 21.5. The molecule has 0 saturated heterocycles. The molecule has 4 rings (SSSR count). The zero-order valence-electron chi connectivity index (χ0n) is 14.6. The molecular weight excluding hydrogens is 414 g/mol. The number of nitrogens with one attached hydrogen (secondary N) is 2. The van der Waals surface area contributed by atoms with Gasteiger partial charge < -0.3 is 19.6 Å². The first-order chi connectivity index (χ1) is 14.2. The van der Waals surface area contributed by atoms with Gasteiger partial charge in [0.05, 0.1) is 5.56 Å². The van der Waals surface area contributed by atoms with Crippen molar-refractivity contribution < 1.29 is 26.5 Å². The minimum Gasteiger partial charge on any atom is -0.449 e. The highest BCUT2D eigenvalue weighted by atomic mass is 19.4. The normalized spacial score (nSPS) is 11.7. The fourth-order valence-electron chi connectivity index (χ4n) is 2.57. The highest BCUT2D eigenvalue weighted by Crippen LogP contribution is 2.30. The molecule has 0 radical (unpaired) electrons. The lowest BCUT2D eigenvalue weighted by Gasteiger charge is -2.13. The molecule has 0 atom stereocenters. The summed E-state index contributed by atoms with van der Waals surface area (Å²) in [5.74, 6) is -2.82. The molecule has 0 amide bonds. The van der Waals surface area contributed by atoms with Crippen LogP contribution in [0.25, 0.3) is 11.4 Å². The molecule has 0 aliphatic carbocycles. The van der Waals surface area contributed by atoms with Crippen molar-refractivity contribution >= 4 is 17.2 Å². The van der Waals surface area contributed by atoms with Crippen LogP contribution in [0.2, 0.25) is 0 Å². The van der Waals surface area contributed by atoms with E-state index in [1.54, 1.807) is 0 Å². The van der Waals surface area contributed by atoms with Crippen LogP contribution in [0.5, 0.6) is 0 Å². The third-order valence-corrected chi connectivity index (χ3v) is 4.01. The summed E-state index contributed by atoms with van der Waals surface area (Å²) in [6, 6.07) is 3.60. The number of anilines is 3. The molecule has 4 aromatic rings. The van der Waals surface area contributed by atoms with E-state index in [9.17, 15) is 27.2 Å². The third-order valence-electron chi connectivity index (χ3n) is 4.01. The topological polar surface area (TPSA) is 123 Å². The Hall–Kier alpha value is -4.03. The van der Waals surface area contributed by atoms with E-state index in [4.69, 9.17) is 4.42 Å². The molecule has 2 aromatic carbocycles. The van der Waals surface area contributed by atoms with E-state index in [1.807, 2.05) is 0 Å². The van der Waals surface area contributed by atoms with Crippen LogP contribution in [-0.2, 0) is 12.7 Å². The maximum atomic E-state index is 14.3. The van der Waals surface area contributed by atoms with Gasteiger partial charge in [-0.25, -0.2) is 4.39 Å². The number of rotatable bonds is 6. The highest BCUT2D eigenvalue weighted by Gasteiger charge is 2.38. The van der Waals surface area contributed by atoms with Gasteiger partial charge in [-0.1, -0.05) is 11.2 Å². The fraction of sp³-hybridized carbons (Fsp3) is 0.118. The number of aromatic nitrogens is 3. The number of hydrogen-bond acceptors (Lipinski definition) is 9. The number of oxazole rings is 1. The molecular formula is C17H9F4N5O4. The number of nitrogens with zero attached hydrogens (tertiary/aromatic N) is 3. The van der Waals surface area contributed by atoms with Crippen LogP contribution in [0.1, 0.15) is 11.5 Å². The van der Waals surface area contributed by atoms with Crippen molar-refractivity contribution in [3.63, 3.8) is 0 Å². The van der Waals surface area contributed by atoms with Gasteiger partial charge in [0.2, 0.25) is 5.82 Å². The first kappa shape index (κ1) is 19.3. The van der Waals surface area contributed by atoms with Crippen molar-refractivity contribution in [1.29, 1.82) is 0 Å². The quantitative estimate of drug-likeness (QED) is 0.356. The van der Waals surface area contributed by atoms with E-state index in [-0.39, 0.29) is 29.3 Å². The lowest BCUT2D eigenvalue weighted by atomic mass is 10.1. The lowest BCUT2D eigenvalue weighted by molar-refractivity contribution is -0.159. The summed E-state index contributed by atoms with van der Waals surface area (Å²) < 4.78 is 60.8. The summed E-state index contributed by atoms with van der Waals surface area (Å²) in [7, 11) is 0. The highest BCUT2D eigenvalue weighted by molar-refractivity contribution is 5.77. The predicted octanol–water partition coefficient (Wildman–Crippen LogP) is 2.83. The maximum absolute atomic E-state index is 14.3. The SMILES string of the molecule is O=c1c(NCc2ccc(-c3noc(C(F)(F)F)n3)c(F)c2)c(Nc2cocn2)c1=O. The zero-order valence-corrected chi connectivity index (χ0v) is 14.6. The standard InChI is InChI=1S/C17H9F4N5O4/c18-9-3-7(1-2-8(9)15-25-16(30-26-15)17(19,20)21)4-22-11-12(14(28)13(11)27)24-10-5-29-6-23-10/h1-3,5-6,22,24H,4H2. The van der Waals surface area contributed by atoms with Crippen LogP contribution in [0, 0.1) is 5.82 Å². The molecule has 13 heteroatoms. The molecule has 0 bridgehead atoms. The van der Waals surface area contributed by atoms with E-state index in [2.05, 4.69) is 30.3 Å². The first-order valence-electron chi connectivity index (χ1n) is 8.16. The summed E-state index contributed by atoms with van der Waals surface area (Å²) in [5.41, 5.74) is -1.49. The maximum Gasteiger partial charge on any atom is 0.471 e. The molecule has 9 nitrogen and oxygen atoms in total. The summed E-state index contributed by atoms with van der Waals surface area (Å²) in [6.45, 7) is -0.0460. The summed E-state index contributed by atoms with van der Waals surface area (Å²) in [4.78, 5) is 30.4. The Bertz CT molecular complexity index is 1270. The molecule has 2 N–H and O–H groups in total. The Morgan fingerprint density at radius 1 is 1.10 bits per heavy atom. The van der Waals surface area contributed by atoms with Crippen LogP contribution in [0.15, 0.2) is 49.4 Å². The predicted molar refractivity (Wildman–Crippen MR) is 93.2 cm³/mol. The van der Waals surface area contributed by atoms with Crippen molar-refractivity contribution in [2.75, 3.05) is 10.6 Å². The van der Waals surface area contributed by atoms with Gasteiger partial charge in [-0.05, 0) is 17.7 Å². The first-order valence-corrected chi connectivity index (χ1v) is 8.16. The molecule has 0 aliphatic rings. The van der Waals surface area contributed by atoms with Gasteiger partial charge in [-0.3, -0.25) is 9.59 Å². The largest absolute Gasteiger partial charge is 0.471 e. The third kappa shape index (κ3) is 3.52. The van der Waals surface area contributed by atoms with Gasteiger partial charge in [-0.15, -0.1) is 0 Å². The van der Waals surface area contributed by atoms with E-state index in [1.165, 1.54) is 18.4 Å². The van der Waals surface area contributed by atoms with Gasteiger partial charge in [0.1, 0.15) is 23.5 Å². The minimum absolute atomic E-state index is 0.0135. The van der Waals surface area contributed by atoms with Gasteiger partial charge in [0, 0.05) is 6.54 Å². The molecule has 30 heavy (non-hydrogen) atoms. The fourth-order valence-corrected chi connectivity index (χ4v) is 2.57. The number of alkyl halides is 3. The van der Waals surface area contributed by atoms with Gasteiger partial charge >= 0.3 is 12.1 Å². The number of benzene rings is 1. The van der Waals surface area contributed by atoms with Crippen molar-refractivity contribution in [1.82, 2.24) is 15.1 Å². The van der Waals surface area contributed by atoms with Crippen molar-refractivity contribution in [3.8, 4) is 11.4 Å². The van der Waals surface area contributed by atoms with Crippen LogP contribution < -0.4 is 21.5 Å².